The van der Waals surface area contributed by atoms with Gasteiger partial charge in [0.05, 0.1) is 5.56 Å². The number of carboxylic acids is 1. The molecule has 0 aliphatic carbocycles. The van der Waals surface area contributed by atoms with Gasteiger partial charge in [0.25, 0.3) is 0 Å². The van der Waals surface area contributed by atoms with Crippen LogP contribution < -0.4 is 5.32 Å². The van der Waals surface area contributed by atoms with E-state index in [2.05, 4.69) is 5.32 Å². The maximum absolute atomic E-state index is 10.8. The van der Waals surface area contributed by atoms with Crippen molar-refractivity contribution in [1.82, 2.24) is 0 Å². The average Bonchev–Trinajstić information content (AvgIpc) is 2.37. The van der Waals surface area contributed by atoms with E-state index in [1.165, 1.54) is 0 Å². The van der Waals surface area contributed by atoms with Crippen LogP contribution in [-0.4, -0.2) is 16.2 Å². The van der Waals surface area contributed by atoms with Gasteiger partial charge in [0.15, 0.2) is 0 Å². The summed E-state index contributed by atoms with van der Waals surface area (Å²) in [5.74, 6) is -0.732. The van der Waals surface area contributed by atoms with Crippen molar-refractivity contribution in [2.75, 3.05) is 5.32 Å². The SMILES string of the molecule is O=C(O)c1cccc(NCc2cccc(O)c2)c1. The average molecular weight is 243 g/mol. The Labute approximate surface area is 105 Å². The molecule has 2 rings (SSSR count). The molecule has 0 fully saturated rings. The van der Waals surface area contributed by atoms with Crippen molar-refractivity contribution in [3.8, 4) is 5.75 Å². The largest absolute Gasteiger partial charge is 0.508 e. The number of phenolic OH excluding ortho intramolecular Hbond substituents is 1. The molecule has 0 saturated heterocycles. The summed E-state index contributed by atoms with van der Waals surface area (Å²) in [6, 6.07) is 13.5. The van der Waals surface area contributed by atoms with Gasteiger partial charge >= 0.3 is 5.97 Å². The van der Waals surface area contributed by atoms with Gasteiger partial charge in [-0.15, -0.1) is 0 Å². The normalized spacial score (nSPS) is 10.0. The number of nitrogens with one attached hydrogen (secondary N) is 1. The lowest BCUT2D eigenvalue weighted by atomic mass is 10.2. The summed E-state index contributed by atoms with van der Waals surface area (Å²) in [4.78, 5) is 10.8. The number of aromatic hydroxyl groups is 1. The third-order valence-corrected chi connectivity index (χ3v) is 2.52. The quantitative estimate of drug-likeness (QED) is 0.772. The Morgan fingerprint density at radius 3 is 2.61 bits per heavy atom. The molecule has 0 aliphatic rings. The Bertz CT molecular complexity index is 566. The summed E-state index contributed by atoms with van der Waals surface area (Å²) in [6.07, 6.45) is 0. The van der Waals surface area contributed by atoms with E-state index in [1.807, 2.05) is 6.07 Å². The smallest absolute Gasteiger partial charge is 0.335 e. The number of benzene rings is 2. The Morgan fingerprint density at radius 1 is 1.11 bits per heavy atom. The van der Waals surface area contributed by atoms with Crippen molar-refractivity contribution < 1.29 is 15.0 Å². The number of hydrogen-bond donors (Lipinski definition) is 3. The molecule has 0 aliphatic heterocycles. The zero-order valence-electron chi connectivity index (χ0n) is 9.63. The number of carbonyl (C=O) groups is 1. The number of carboxylic acid groups (broad SMARTS) is 1. The predicted molar refractivity (Wildman–Crippen MR) is 68.8 cm³/mol. The number of rotatable bonds is 4. The van der Waals surface area contributed by atoms with Crippen LogP contribution in [0.5, 0.6) is 5.75 Å². The van der Waals surface area contributed by atoms with Crippen molar-refractivity contribution in [2.45, 2.75) is 6.54 Å². The van der Waals surface area contributed by atoms with Crippen molar-refractivity contribution in [3.05, 3.63) is 59.7 Å². The molecular weight excluding hydrogens is 230 g/mol. The van der Waals surface area contributed by atoms with Crippen LogP contribution in [0.1, 0.15) is 15.9 Å². The van der Waals surface area contributed by atoms with Crippen LogP contribution in [0.25, 0.3) is 0 Å². The lowest BCUT2D eigenvalue weighted by molar-refractivity contribution is 0.0697. The second-order valence-corrected chi connectivity index (χ2v) is 3.91. The maximum Gasteiger partial charge on any atom is 0.335 e. The summed E-state index contributed by atoms with van der Waals surface area (Å²) >= 11 is 0. The summed E-state index contributed by atoms with van der Waals surface area (Å²) in [5.41, 5.74) is 1.91. The molecule has 3 N–H and O–H groups in total. The molecule has 0 aromatic heterocycles. The van der Waals surface area contributed by atoms with E-state index in [4.69, 9.17) is 5.11 Å². The van der Waals surface area contributed by atoms with Crippen molar-refractivity contribution in [1.29, 1.82) is 0 Å². The number of hydrogen-bond acceptors (Lipinski definition) is 3. The summed E-state index contributed by atoms with van der Waals surface area (Å²) < 4.78 is 0. The second kappa shape index (κ2) is 5.23. The summed E-state index contributed by atoms with van der Waals surface area (Å²) in [6.45, 7) is 0.525. The van der Waals surface area contributed by atoms with E-state index >= 15 is 0 Å². The first kappa shape index (κ1) is 12.0. The predicted octanol–water partition coefficient (Wildman–Crippen LogP) is 2.70. The van der Waals surface area contributed by atoms with Crippen LogP contribution in [0.15, 0.2) is 48.5 Å². The van der Waals surface area contributed by atoms with Crippen LogP contribution in [0.3, 0.4) is 0 Å². The Morgan fingerprint density at radius 2 is 1.89 bits per heavy atom. The minimum absolute atomic E-state index is 0.216. The minimum Gasteiger partial charge on any atom is -0.508 e. The molecule has 0 unspecified atom stereocenters. The van der Waals surface area contributed by atoms with Crippen LogP contribution in [0, 0.1) is 0 Å². The molecule has 0 radical (unpaired) electrons. The third kappa shape index (κ3) is 3.01. The lowest BCUT2D eigenvalue weighted by Crippen LogP contribution is -2.01. The Kier molecular flexibility index (Phi) is 3.48. The van der Waals surface area contributed by atoms with Gasteiger partial charge in [0.1, 0.15) is 5.75 Å². The van der Waals surface area contributed by atoms with Gasteiger partial charge in [-0.2, -0.15) is 0 Å². The first-order chi connectivity index (χ1) is 8.65. The number of aromatic carboxylic acids is 1. The molecule has 0 atom stereocenters. The van der Waals surface area contributed by atoms with Crippen LogP contribution in [-0.2, 0) is 6.54 Å². The molecule has 0 saturated carbocycles. The number of phenols is 1. The highest BCUT2D eigenvalue weighted by molar-refractivity contribution is 5.88. The van der Waals surface area contributed by atoms with Gasteiger partial charge in [0.2, 0.25) is 0 Å². The Hall–Kier alpha value is -2.49. The van der Waals surface area contributed by atoms with Crippen LogP contribution >= 0.6 is 0 Å². The van der Waals surface area contributed by atoms with Gasteiger partial charge in [-0.05, 0) is 35.9 Å². The molecule has 18 heavy (non-hydrogen) atoms. The maximum atomic E-state index is 10.8. The first-order valence-electron chi connectivity index (χ1n) is 5.50. The van der Waals surface area contributed by atoms with E-state index in [9.17, 15) is 9.90 Å². The Balaban J connectivity index is 2.06. The van der Waals surface area contributed by atoms with Crippen molar-refractivity contribution in [2.24, 2.45) is 0 Å². The van der Waals surface area contributed by atoms with Crippen LogP contribution in [0.2, 0.25) is 0 Å². The van der Waals surface area contributed by atoms with Crippen molar-refractivity contribution in [3.63, 3.8) is 0 Å². The van der Waals surface area contributed by atoms with E-state index in [0.717, 1.165) is 11.3 Å². The van der Waals surface area contributed by atoms with Gasteiger partial charge < -0.3 is 15.5 Å². The zero-order valence-corrected chi connectivity index (χ0v) is 9.63. The fourth-order valence-electron chi connectivity index (χ4n) is 1.63. The monoisotopic (exact) mass is 243 g/mol. The topological polar surface area (TPSA) is 69.6 Å². The molecule has 0 heterocycles. The zero-order chi connectivity index (χ0) is 13.0. The van der Waals surface area contributed by atoms with Gasteiger partial charge in [-0.1, -0.05) is 18.2 Å². The molecule has 0 amide bonds. The first-order valence-corrected chi connectivity index (χ1v) is 5.50. The van der Waals surface area contributed by atoms with E-state index < -0.39 is 5.97 Å². The van der Waals surface area contributed by atoms with E-state index in [-0.39, 0.29) is 11.3 Å². The number of anilines is 1. The second-order valence-electron chi connectivity index (χ2n) is 3.91. The van der Waals surface area contributed by atoms with E-state index in [0.29, 0.717) is 6.54 Å². The summed E-state index contributed by atoms with van der Waals surface area (Å²) in [5, 5.41) is 21.3. The molecule has 92 valence electrons. The molecule has 0 spiro atoms. The molecule has 0 bridgehead atoms. The third-order valence-electron chi connectivity index (χ3n) is 2.52. The fourth-order valence-corrected chi connectivity index (χ4v) is 1.63. The fraction of sp³-hybridized carbons (Fsp3) is 0.0714. The van der Waals surface area contributed by atoms with Gasteiger partial charge in [0, 0.05) is 12.2 Å². The molecule has 2 aromatic carbocycles. The highest BCUT2D eigenvalue weighted by Crippen LogP contribution is 2.15. The molecular formula is C14H13NO3. The van der Waals surface area contributed by atoms with Gasteiger partial charge in [-0.25, -0.2) is 4.79 Å². The van der Waals surface area contributed by atoms with Crippen molar-refractivity contribution >= 4 is 11.7 Å². The highest BCUT2D eigenvalue weighted by Gasteiger charge is 2.02. The minimum atomic E-state index is -0.948. The summed E-state index contributed by atoms with van der Waals surface area (Å²) in [7, 11) is 0. The standard InChI is InChI=1S/C14H13NO3/c16-13-6-1-3-10(7-13)9-15-12-5-2-4-11(8-12)14(17)18/h1-8,15-16H,9H2,(H,17,18). The molecule has 2 aromatic rings. The molecule has 4 heteroatoms. The van der Waals surface area contributed by atoms with Gasteiger partial charge in [-0.3, -0.25) is 0 Å². The van der Waals surface area contributed by atoms with Crippen LogP contribution in [0.4, 0.5) is 5.69 Å². The highest BCUT2D eigenvalue weighted by atomic mass is 16.4. The lowest BCUT2D eigenvalue weighted by Gasteiger charge is -2.07. The molecule has 4 nitrogen and oxygen atoms in total. The van der Waals surface area contributed by atoms with E-state index in [1.54, 1.807) is 42.5 Å².